The topological polar surface area (TPSA) is 73.2 Å². The van der Waals surface area contributed by atoms with Gasteiger partial charge in [-0.1, -0.05) is 48.2 Å². The standard InChI is InChI=1S/C24H21N3O3S/c1-2-30-19-12-10-18(11-13-19)26-22(28)16-31-23-24(29)27(15-14-25-23)21-9-5-7-17-6-3-4-8-20(17)21/h3-15H,2,16H2,1H3,(H,26,28). The largest absolute Gasteiger partial charge is 0.494 e. The van der Waals surface area contributed by atoms with Crippen LogP contribution in [0.4, 0.5) is 5.69 Å². The fourth-order valence-electron chi connectivity index (χ4n) is 3.23. The Labute approximate surface area is 183 Å². The molecule has 4 aromatic rings. The summed E-state index contributed by atoms with van der Waals surface area (Å²) in [4.78, 5) is 29.5. The maximum absolute atomic E-state index is 13.0. The van der Waals surface area contributed by atoms with Gasteiger partial charge in [0.1, 0.15) is 5.75 Å². The van der Waals surface area contributed by atoms with Crippen molar-refractivity contribution in [1.82, 2.24) is 9.55 Å². The molecule has 0 saturated carbocycles. The van der Waals surface area contributed by atoms with Gasteiger partial charge in [-0.05, 0) is 42.6 Å². The van der Waals surface area contributed by atoms with Crippen molar-refractivity contribution in [2.75, 3.05) is 17.7 Å². The van der Waals surface area contributed by atoms with Crippen molar-refractivity contribution in [2.24, 2.45) is 0 Å². The van der Waals surface area contributed by atoms with Crippen molar-refractivity contribution in [1.29, 1.82) is 0 Å². The van der Waals surface area contributed by atoms with Crippen LogP contribution in [0.1, 0.15) is 6.92 Å². The second-order valence-electron chi connectivity index (χ2n) is 6.70. The van der Waals surface area contributed by atoms with E-state index in [0.29, 0.717) is 12.3 Å². The number of carbonyl (C=O) groups excluding carboxylic acids is 1. The van der Waals surface area contributed by atoms with E-state index < -0.39 is 0 Å². The second-order valence-corrected chi connectivity index (χ2v) is 7.66. The van der Waals surface area contributed by atoms with Crippen molar-refractivity contribution in [3.8, 4) is 11.4 Å². The normalized spacial score (nSPS) is 10.7. The molecule has 0 atom stereocenters. The van der Waals surface area contributed by atoms with Crippen LogP contribution in [0.5, 0.6) is 5.75 Å². The molecule has 3 aromatic carbocycles. The smallest absolute Gasteiger partial charge is 0.287 e. The van der Waals surface area contributed by atoms with Gasteiger partial charge in [-0.15, -0.1) is 0 Å². The fraction of sp³-hybridized carbons (Fsp3) is 0.125. The molecule has 0 radical (unpaired) electrons. The first-order valence-corrected chi connectivity index (χ1v) is 10.9. The highest BCUT2D eigenvalue weighted by Gasteiger charge is 2.12. The monoisotopic (exact) mass is 431 g/mol. The number of nitrogens with zero attached hydrogens (tertiary/aromatic N) is 2. The van der Waals surface area contributed by atoms with E-state index in [1.54, 1.807) is 41.2 Å². The van der Waals surface area contributed by atoms with Gasteiger partial charge >= 0.3 is 0 Å². The minimum absolute atomic E-state index is 0.0784. The van der Waals surface area contributed by atoms with E-state index in [4.69, 9.17) is 4.74 Å². The summed E-state index contributed by atoms with van der Waals surface area (Å²) in [5.74, 6) is 0.614. The van der Waals surface area contributed by atoms with E-state index >= 15 is 0 Å². The Kier molecular flexibility index (Phi) is 6.33. The minimum Gasteiger partial charge on any atom is -0.494 e. The van der Waals surface area contributed by atoms with Crippen LogP contribution in [0.3, 0.4) is 0 Å². The number of aromatic nitrogens is 2. The summed E-state index contributed by atoms with van der Waals surface area (Å²) in [5.41, 5.74) is 1.20. The van der Waals surface area contributed by atoms with E-state index in [1.807, 2.05) is 49.4 Å². The number of benzene rings is 3. The highest BCUT2D eigenvalue weighted by Crippen LogP contribution is 2.22. The third-order valence-corrected chi connectivity index (χ3v) is 5.58. The number of amides is 1. The zero-order valence-electron chi connectivity index (χ0n) is 16.9. The Morgan fingerprint density at radius 2 is 1.84 bits per heavy atom. The quantitative estimate of drug-likeness (QED) is 0.436. The van der Waals surface area contributed by atoms with Gasteiger partial charge < -0.3 is 10.1 Å². The molecule has 0 spiro atoms. The average molecular weight is 432 g/mol. The van der Waals surface area contributed by atoms with Crippen molar-refractivity contribution in [3.63, 3.8) is 0 Å². The zero-order valence-corrected chi connectivity index (χ0v) is 17.8. The van der Waals surface area contributed by atoms with Gasteiger partial charge in [-0.3, -0.25) is 14.2 Å². The lowest BCUT2D eigenvalue weighted by molar-refractivity contribution is -0.113. The van der Waals surface area contributed by atoms with Gasteiger partial charge in [0, 0.05) is 23.5 Å². The molecule has 0 bridgehead atoms. The van der Waals surface area contributed by atoms with E-state index in [2.05, 4.69) is 10.3 Å². The van der Waals surface area contributed by atoms with Crippen molar-refractivity contribution in [3.05, 3.63) is 89.5 Å². The van der Waals surface area contributed by atoms with Crippen LogP contribution in [0, 0.1) is 0 Å². The summed E-state index contributed by atoms with van der Waals surface area (Å²) in [6.07, 6.45) is 3.23. The van der Waals surface area contributed by atoms with E-state index in [9.17, 15) is 9.59 Å². The zero-order chi connectivity index (χ0) is 21.6. The predicted molar refractivity (Wildman–Crippen MR) is 124 cm³/mol. The van der Waals surface area contributed by atoms with Crippen molar-refractivity contribution in [2.45, 2.75) is 11.9 Å². The number of rotatable bonds is 7. The summed E-state index contributed by atoms with van der Waals surface area (Å²) in [6.45, 7) is 2.50. The SMILES string of the molecule is CCOc1ccc(NC(=O)CSc2nccn(-c3cccc4ccccc34)c2=O)cc1. The number of hydrogen-bond donors (Lipinski definition) is 1. The third-order valence-electron chi connectivity index (χ3n) is 4.62. The number of nitrogens with one attached hydrogen (secondary N) is 1. The highest BCUT2D eigenvalue weighted by atomic mass is 32.2. The van der Waals surface area contributed by atoms with Crippen LogP contribution in [0.25, 0.3) is 16.5 Å². The Hall–Kier alpha value is -3.58. The number of ether oxygens (including phenoxy) is 1. The molecule has 31 heavy (non-hydrogen) atoms. The second kappa shape index (κ2) is 9.49. The maximum atomic E-state index is 13.0. The molecule has 0 aliphatic heterocycles. The molecule has 0 saturated heterocycles. The van der Waals surface area contributed by atoms with Crippen LogP contribution in [0.2, 0.25) is 0 Å². The number of fused-ring (bicyclic) bond motifs is 1. The van der Waals surface area contributed by atoms with Gasteiger partial charge in [0.25, 0.3) is 5.56 Å². The first-order chi connectivity index (χ1) is 15.2. The maximum Gasteiger partial charge on any atom is 0.287 e. The van der Waals surface area contributed by atoms with Crippen LogP contribution >= 0.6 is 11.8 Å². The molecule has 6 nitrogen and oxygen atoms in total. The molecule has 1 N–H and O–H groups in total. The number of hydrogen-bond acceptors (Lipinski definition) is 5. The molecular weight excluding hydrogens is 410 g/mol. The molecule has 0 unspecified atom stereocenters. The van der Waals surface area contributed by atoms with Gasteiger partial charge in [-0.25, -0.2) is 4.98 Å². The molecule has 0 aliphatic rings. The van der Waals surface area contributed by atoms with E-state index in [-0.39, 0.29) is 22.2 Å². The molecule has 1 aromatic heterocycles. The van der Waals surface area contributed by atoms with Crippen molar-refractivity contribution >= 4 is 34.1 Å². The van der Waals surface area contributed by atoms with Crippen LogP contribution in [-0.4, -0.2) is 27.8 Å². The van der Waals surface area contributed by atoms with Gasteiger partial charge in [0.05, 0.1) is 18.0 Å². The lowest BCUT2D eigenvalue weighted by Gasteiger charge is -2.10. The Bertz CT molecular complexity index is 1260. The van der Waals surface area contributed by atoms with Crippen LogP contribution in [0.15, 0.2) is 88.9 Å². The number of anilines is 1. The molecule has 156 valence electrons. The van der Waals surface area contributed by atoms with Crippen LogP contribution < -0.4 is 15.6 Å². The average Bonchev–Trinajstić information content (AvgIpc) is 2.80. The Balaban J connectivity index is 1.48. The lowest BCUT2D eigenvalue weighted by atomic mass is 10.1. The van der Waals surface area contributed by atoms with Gasteiger partial charge in [-0.2, -0.15) is 0 Å². The van der Waals surface area contributed by atoms with E-state index in [1.165, 1.54) is 0 Å². The molecule has 1 heterocycles. The summed E-state index contributed by atoms with van der Waals surface area (Å²) in [5, 5.41) is 5.12. The van der Waals surface area contributed by atoms with Gasteiger partial charge in [0.2, 0.25) is 5.91 Å². The first kappa shape index (κ1) is 20.7. The predicted octanol–water partition coefficient (Wildman–Crippen LogP) is 4.52. The molecule has 7 heteroatoms. The molecule has 0 fully saturated rings. The number of carbonyl (C=O) groups is 1. The molecular formula is C24H21N3O3S. The molecule has 0 aliphatic carbocycles. The minimum atomic E-state index is -0.252. The Morgan fingerprint density at radius 1 is 1.06 bits per heavy atom. The number of thioether (sulfide) groups is 1. The molecule has 1 amide bonds. The van der Waals surface area contributed by atoms with Crippen LogP contribution in [-0.2, 0) is 4.79 Å². The third kappa shape index (κ3) is 4.78. The first-order valence-electron chi connectivity index (χ1n) is 9.87. The van der Waals surface area contributed by atoms with Gasteiger partial charge in [0.15, 0.2) is 5.03 Å². The lowest BCUT2D eigenvalue weighted by Crippen LogP contribution is -2.22. The van der Waals surface area contributed by atoms with Crippen molar-refractivity contribution < 1.29 is 9.53 Å². The fourth-order valence-corrected chi connectivity index (χ4v) is 3.93. The summed E-state index contributed by atoms with van der Waals surface area (Å²) in [7, 11) is 0. The molecule has 4 rings (SSSR count). The highest BCUT2D eigenvalue weighted by molar-refractivity contribution is 7.99. The summed E-state index contributed by atoms with van der Waals surface area (Å²) >= 11 is 1.12. The summed E-state index contributed by atoms with van der Waals surface area (Å²) in [6, 6.07) is 20.9. The Morgan fingerprint density at radius 3 is 2.65 bits per heavy atom. The van der Waals surface area contributed by atoms with E-state index in [0.717, 1.165) is 34.0 Å². The summed E-state index contributed by atoms with van der Waals surface area (Å²) < 4.78 is 6.97.